The first-order valence-corrected chi connectivity index (χ1v) is 6.47. The van der Waals surface area contributed by atoms with Gasteiger partial charge >= 0.3 is 6.09 Å². The predicted molar refractivity (Wildman–Crippen MR) is 71.6 cm³/mol. The Morgan fingerprint density at radius 2 is 2.06 bits per heavy atom. The summed E-state index contributed by atoms with van der Waals surface area (Å²) in [6.07, 6.45) is 0.0236. The zero-order valence-corrected chi connectivity index (χ0v) is 11.3. The molecule has 0 aliphatic heterocycles. The smallest absolute Gasteiger partial charge is 0.411 e. The lowest BCUT2D eigenvalue weighted by atomic mass is 10.1. The number of anilines is 1. The van der Waals surface area contributed by atoms with E-state index in [1.54, 1.807) is 18.2 Å². The molecule has 0 saturated heterocycles. The molecule has 1 aromatic rings. The molecule has 17 heavy (non-hydrogen) atoms. The highest BCUT2D eigenvalue weighted by Crippen LogP contribution is 2.25. The molecule has 0 atom stereocenters. The molecule has 0 aliphatic rings. The van der Waals surface area contributed by atoms with E-state index in [1.165, 1.54) is 0 Å². The van der Waals surface area contributed by atoms with Gasteiger partial charge in [-0.05, 0) is 24.1 Å². The molecule has 0 saturated carbocycles. The number of benzene rings is 1. The van der Waals surface area contributed by atoms with Gasteiger partial charge in [0.1, 0.15) is 6.61 Å². The molecule has 6 heteroatoms. The van der Waals surface area contributed by atoms with E-state index in [9.17, 15) is 4.79 Å². The second-order valence-electron chi connectivity index (χ2n) is 3.15. The van der Waals surface area contributed by atoms with Gasteiger partial charge in [-0.25, -0.2) is 4.79 Å². The number of ether oxygens (including phenoxy) is 1. The van der Waals surface area contributed by atoms with Crippen LogP contribution in [-0.2, 0) is 11.2 Å². The van der Waals surface area contributed by atoms with Crippen LogP contribution in [0.25, 0.3) is 0 Å². The maximum atomic E-state index is 11.4. The topological polar surface area (TPSA) is 38.3 Å². The van der Waals surface area contributed by atoms with Crippen molar-refractivity contribution < 1.29 is 9.53 Å². The van der Waals surface area contributed by atoms with E-state index in [2.05, 4.69) is 5.32 Å². The van der Waals surface area contributed by atoms with E-state index >= 15 is 0 Å². The fraction of sp³-hybridized carbons (Fsp3) is 0.364. The molecule has 1 amide bonds. The zero-order valence-electron chi connectivity index (χ0n) is 9.01. The maximum absolute atomic E-state index is 11.4. The number of nitrogens with one attached hydrogen (secondary N) is 1. The number of carbonyl (C=O) groups excluding carboxylic acids is 1. The Balaban J connectivity index is 2.75. The monoisotopic (exact) mass is 295 g/mol. The number of amides is 1. The average Bonchev–Trinajstić information content (AvgIpc) is 2.31. The van der Waals surface area contributed by atoms with E-state index in [4.69, 9.17) is 39.5 Å². The summed E-state index contributed by atoms with van der Waals surface area (Å²) in [5.74, 6) is 0.687. The molecule has 3 nitrogen and oxygen atoms in total. The molecule has 1 rings (SSSR count). The van der Waals surface area contributed by atoms with Crippen LogP contribution in [0.4, 0.5) is 10.5 Å². The van der Waals surface area contributed by atoms with Gasteiger partial charge < -0.3 is 4.74 Å². The van der Waals surface area contributed by atoms with Crippen LogP contribution in [0.15, 0.2) is 18.2 Å². The van der Waals surface area contributed by atoms with Crippen LogP contribution in [0.2, 0.25) is 5.02 Å². The van der Waals surface area contributed by atoms with Crippen molar-refractivity contribution in [3.05, 3.63) is 28.8 Å². The molecule has 0 heterocycles. The van der Waals surface area contributed by atoms with Gasteiger partial charge in [-0.2, -0.15) is 0 Å². The van der Waals surface area contributed by atoms with Crippen molar-refractivity contribution in [1.29, 1.82) is 0 Å². The molecule has 94 valence electrons. The molecular formula is C11H12Cl3NO2. The van der Waals surface area contributed by atoms with Gasteiger partial charge in [0.25, 0.3) is 0 Å². The van der Waals surface area contributed by atoms with Crippen LogP contribution in [-0.4, -0.2) is 24.5 Å². The van der Waals surface area contributed by atoms with Gasteiger partial charge in [-0.1, -0.05) is 17.7 Å². The summed E-state index contributed by atoms with van der Waals surface area (Å²) >= 11 is 17.1. The lowest BCUT2D eigenvalue weighted by Crippen LogP contribution is -2.16. The van der Waals surface area contributed by atoms with Crippen LogP contribution in [0.1, 0.15) is 5.56 Å². The van der Waals surface area contributed by atoms with Gasteiger partial charge in [0.2, 0.25) is 0 Å². The van der Waals surface area contributed by atoms with Crippen LogP contribution in [0.3, 0.4) is 0 Å². The predicted octanol–water partition coefficient (Wildman–Crippen LogP) is 3.91. The van der Waals surface area contributed by atoms with E-state index in [0.29, 0.717) is 23.0 Å². The molecule has 0 unspecified atom stereocenters. The van der Waals surface area contributed by atoms with Crippen molar-refractivity contribution in [3.63, 3.8) is 0 Å². The average molecular weight is 297 g/mol. The minimum atomic E-state index is -0.552. The molecule has 0 fully saturated rings. The summed E-state index contributed by atoms with van der Waals surface area (Å²) in [6.45, 7) is 0.165. The van der Waals surface area contributed by atoms with Crippen molar-refractivity contribution in [2.45, 2.75) is 6.42 Å². The third-order valence-electron chi connectivity index (χ3n) is 2.01. The Morgan fingerprint density at radius 1 is 1.29 bits per heavy atom. The van der Waals surface area contributed by atoms with Crippen molar-refractivity contribution in [2.75, 3.05) is 23.7 Å². The van der Waals surface area contributed by atoms with Crippen LogP contribution < -0.4 is 5.32 Å². The fourth-order valence-electron chi connectivity index (χ4n) is 1.30. The van der Waals surface area contributed by atoms with Gasteiger partial charge in [-0.15, -0.1) is 23.2 Å². The maximum Gasteiger partial charge on any atom is 0.411 e. The first kappa shape index (κ1) is 14.4. The van der Waals surface area contributed by atoms with E-state index in [0.717, 1.165) is 5.56 Å². The third-order valence-corrected chi connectivity index (χ3v) is 2.71. The summed E-state index contributed by atoms with van der Waals surface area (Å²) in [7, 11) is 0. The van der Waals surface area contributed by atoms with Crippen molar-refractivity contribution >= 4 is 46.6 Å². The number of alkyl halides is 2. The Morgan fingerprint density at radius 3 is 2.71 bits per heavy atom. The fourth-order valence-corrected chi connectivity index (χ4v) is 1.84. The highest BCUT2D eigenvalue weighted by molar-refractivity contribution is 6.32. The zero-order chi connectivity index (χ0) is 12.7. The lowest BCUT2D eigenvalue weighted by Gasteiger charge is -2.11. The lowest BCUT2D eigenvalue weighted by molar-refractivity contribution is 0.168. The summed E-state index contributed by atoms with van der Waals surface area (Å²) in [5, 5.41) is 3.18. The number of carbonyl (C=O) groups is 1. The Labute approximate surface area is 115 Å². The largest absolute Gasteiger partial charge is 0.448 e. The van der Waals surface area contributed by atoms with Gasteiger partial charge in [-0.3, -0.25) is 5.32 Å². The molecule has 0 aliphatic carbocycles. The number of hydrogen-bond acceptors (Lipinski definition) is 2. The number of rotatable bonds is 5. The van der Waals surface area contributed by atoms with Crippen molar-refractivity contribution in [3.8, 4) is 0 Å². The van der Waals surface area contributed by atoms with Crippen molar-refractivity contribution in [2.24, 2.45) is 0 Å². The Bertz CT molecular complexity index is 385. The Kier molecular flexibility index (Phi) is 6.48. The molecule has 1 aromatic carbocycles. The summed E-state index contributed by atoms with van der Waals surface area (Å²) < 4.78 is 4.81. The minimum absolute atomic E-state index is 0.165. The summed E-state index contributed by atoms with van der Waals surface area (Å²) in [6, 6.07) is 5.24. The van der Waals surface area contributed by atoms with E-state index < -0.39 is 6.09 Å². The Hall–Kier alpha value is -0.640. The second kappa shape index (κ2) is 7.64. The summed E-state index contributed by atoms with van der Waals surface area (Å²) in [5.41, 5.74) is 1.41. The quantitative estimate of drug-likeness (QED) is 0.837. The SMILES string of the molecule is O=C(Nc1cccc(Cl)c1CCCl)OCCCl. The first-order valence-electron chi connectivity index (χ1n) is 5.02. The molecular weight excluding hydrogens is 284 g/mol. The van der Waals surface area contributed by atoms with Crippen LogP contribution in [0.5, 0.6) is 0 Å². The van der Waals surface area contributed by atoms with Gasteiger partial charge in [0.05, 0.1) is 5.88 Å². The van der Waals surface area contributed by atoms with Gasteiger partial charge in [0, 0.05) is 16.6 Å². The minimum Gasteiger partial charge on any atom is -0.448 e. The summed E-state index contributed by atoms with van der Waals surface area (Å²) in [4.78, 5) is 11.4. The van der Waals surface area contributed by atoms with E-state index in [-0.39, 0.29) is 12.5 Å². The van der Waals surface area contributed by atoms with Gasteiger partial charge in [0.15, 0.2) is 0 Å². The van der Waals surface area contributed by atoms with Crippen LogP contribution >= 0.6 is 34.8 Å². The second-order valence-corrected chi connectivity index (χ2v) is 4.32. The highest BCUT2D eigenvalue weighted by atomic mass is 35.5. The normalized spacial score (nSPS) is 10.1. The number of halogens is 3. The highest BCUT2D eigenvalue weighted by Gasteiger charge is 2.10. The van der Waals surface area contributed by atoms with Crippen LogP contribution in [0, 0.1) is 0 Å². The standard InChI is InChI=1S/C11H12Cl3NO2/c12-5-4-8-9(14)2-1-3-10(8)15-11(16)17-7-6-13/h1-3H,4-7H2,(H,15,16). The van der Waals surface area contributed by atoms with E-state index in [1.807, 2.05) is 0 Å². The number of hydrogen-bond donors (Lipinski definition) is 1. The molecule has 0 spiro atoms. The molecule has 0 bridgehead atoms. The van der Waals surface area contributed by atoms with Crippen molar-refractivity contribution in [1.82, 2.24) is 0 Å². The third kappa shape index (κ3) is 4.62. The first-order chi connectivity index (χ1) is 8.19. The molecule has 1 N–H and O–H groups in total. The molecule has 0 radical (unpaired) electrons. The molecule has 0 aromatic heterocycles.